The fourth-order valence-corrected chi connectivity index (χ4v) is 4.18. The zero-order valence-electron chi connectivity index (χ0n) is 16.9. The first kappa shape index (κ1) is 21.2. The Bertz CT molecular complexity index is 813. The lowest BCUT2D eigenvalue weighted by molar-refractivity contribution is -0.139. The van der Waals surface area contributed by atoms with E-state index in [1.54, 1.807) is 10.9 Å². The molecule has 3 aliphatic rings. The van der Waals surface area contributed by atoms with E-state index in [-0.39, 0.29) is 19.1 Å². The summed E-state index contributed by atoms with van der Waals surface area (Å²) >= 11 is 0. The van der Waals surface area contributed by atoms with Gasteiger partial charge < -0.3 is 35.4 Å². The van der Waals surface area contributed by atoms with E-state index in [4.69, 9.17) is 4.74 Å². The Morgan fingerprint density at radius 2 is 2.17 bits per heavy atom. The molecule has 6 atom stereocenters. The molecule has 11 heteroatoms. The minimum absolute atomic E-state index is 0.165. The summed E-state index contributed by atoms with van der Waals surface area (Å²) in [6.07, 6.45) is 0.680. The number of carbonyl (C=O) groups excluding carboxylic acids is 1. The number of nitrogens with zero attached hydrogens (tertiary/aromatic N) is 4. The predicted octanol–water partition coefficient (Wildman–Crippen LogP) is -0.682. The number of anilines is 1. The van der Waals surface area contributed by atoms with Crippen LogP contribution < -0.4 is 5.32 Å². The Hall–Kier alpha value is -2.05. The highest BCUT2D eigenvalue weighted by atomic mass is 16.5. The largest absolute Gasteiger partial charge is 0.394 e. The van der Waals surface area contributed by atoms with Gasteiger partial charge in [-0.1, -0.05) is 26.2 Å². The van der Waals surface area contributed by atoms with Crippen molar-refractivity contribution < 1.29 is 30.0 Å². The minimum Gasteiger partial charge on any atom is -0.394 e. The SMILES string of the molecule is CCCCC[C@@H](O)[C@H]1N=C2Nc3c(ncn3[C@H]3C[C@H](O)[C@@H](CO)O3)CN2[C@@H](O)C1=O. The van der Waals surface area contributed by atoms with E-state index >= 15 is 0 Å². The Kier molecular flexibility index (Phi) is 6.07. The third kappa shape index (κ3) is 3.71. The van der Waals surface area contributed by atoms with Crippen LogP contribution in [0.5, 0.6) is 0 Å². The molecule has 0 aliphatic carbocycles. The van der Waals surface area contributed by atoms with Crippen molar-refractivity contribution in [3.63, 3.8) is 0 Å². The number of Topliss-reactive ketones (excluding diaryl/α,β-unsaturated/α-hetero) is 1. The van der Waals surface area contributed by atoms with Crippen LogP contribution in [0.1, 0.15) is 50.9 Å². The van der Waals surface area contributed by atoms with Crippen LogP contribution >= 0.6 is 0 Å². The molecular weight excluding hydrogens is 394 g/mol. The van der Waals surface area contributed by atoms with E-state index in [1.165, 1.54) is 4.90 Å². The van der Waals surface area contributed by atoms with Gasteiger partial charge in [0.25, 0.3) is 0 Å². The second kappa shape index (κ2) is 8.60. The molecule has 11 nitrogen and oxygen atoms in total. The van der Waals surface area contributed by atoms with Gasteiger partial charge in [-0.05, 0) is 6.42 Å². The van der Waals surface area contributed by atoms with Gasteiger partial charge in [-0.2, -0.15) is 0 Å². The van der Waals surface area contributed by atoms with Crippen LogP contribution in [0.2, 0.25) is 0 Å². The number of fused-ring (bicyclic) bond motifs is 2. The first-order chi connectivity index (χ1) is 14.4. The van der Waals surface area contributed by atoms with Crippen LogP contribution in [0.15, 0.2) is 11.3 Å². The zero-order valence-corrected chi connectivity index (χ0v) is 16.9. The number of rotatable bonds is 7. The smallest absolute Gasteiger partial charge is 0.209 e. The van der Waals surface area contributed by atoms with Crippen LogP contribution in [-0.4, -0.2) is 83.8 Å². The zero-order chi connectivity index (χ0) is 21.4. The fourth-order valence-electron chi connectivity index (χ4n) is 4.18. The standard InChI is InChI=1S/C19H29N5O6/c1-2-3-4-5-11(26)15-16(28)18(29)23-7-10-17(22-19(23)21-15)24(9-20-10)14-6-12(27)13(8-25)30-14/h9,11-15,18,25-27,29H,2-8H2,1H3,(H,21,22)/t11-,12+,13-,14-,15-,18+/m1/s1. The number of ether oxygens (including phenoxy) is 1. The molecule has 0 bridgehead atoms. The second-order valence-corrected chi connectivity index (χ2v) is 8.05. The van der Waals surface area contributed by atoms with Gasteiger partial charge in [0.2, 0.25) is 11.7 Å². The molecule has 0 unspecified atom stereocenters. The van der Waals surface area contributed by atoms with Crippen molar-refractivity contribution in [2.24, 2.45) is 4.99 Å². The number of hydrogen-bond donors (Lipinski definition) is 5. The number of ketones is 1. The number of unbranched alkanes of at least 4 members (excludes halogenated alkanes) is 2. The number of hydrogen-bond acceptors (Lipinski definition) is 10. The number of nitrogens with one attached hydrogen (secondary N) is 1. The number of aromatic nitrogens is 2. The first-order valence-corrected chi connectivity index (χ1v) is 10.5. The summed E-state index contributed by atoms with van der Waals surface area (Å²) in [5.74, 6) is 0.343. The molecule has 3 aliphatic heterocycles. The third-order valence-corrected chi connectivity index (χ3v) is 5.96. The highest BCUT2D eigenvalue weighted by Crippen LogP contribution is 2.35. The number of imidazole rings is 1. The maximum Gasteiger partial charge on any atom is 0.209 e. The summed E-state index contributed by atoms with van der Waals surface area (Å²) in [5.41, 5.74) is 0.591. The Labute approximate surface area is 174 Å². The fraction of sp³-hybridized carbons (Fsp3) is 0.737. The number of guanidine groups is 1. The first-order valence-electron chi connectivity index (χ1n) is 10.5. The highest BCUT2D eigenvalue weighted by Gasteiger charge is 2.44. The second-order valence-electron chi connectivity index (χ2n) is 8.05. The summed E-state index contributed by atoms with van der Waals surface area (Å²) in [6.45, 7) is 1.94. The Morgan fingerprint density at radius 3 is 2.87 bits per heavy atom. The van der Waals surface area contributed by atoms with E-state index in [2.05, 4.69) is 22.2 Å². The van der Waals surface area contributed by atoms with Crippen molar-refractivity contribution in [2.45, 2.75) is 82.4 Å². The van der Waals surface area contributed by atoms with Gasteiger partial charge >= 0.3 is 0 Å². The average Bonchev–Trinajstić information content (AvgIpc) is 3.31. The predicted molar refractivity (Wildman–Crippen MR) is 105 cm³/mol. The molecule has 30 heavy (non-hydrogen) atoms. The van der Waals surface area contributed by atoms with Gasteiger partial charge in [-0.25, -0.2) is 9.98 Å². The molecule has 5 N–H and O–H groups in total. The quantitative estimate of drug-likeness (QED) is 0.359. The van der Waals surface area contributed by atoms with E-state index in [0.717, 1.165) is 19.3 Å². The molecule has 1 aromatic heterocycles. The maximum absolute atomic E-state index is 12.6. The van der Waals surface area contributed by atoms with Crippen LogP contribution in [0, 0.1) is 0 Å². The van der Waals surface area contributed by atoms with Crippen molar-refractivity contribution >= 4 is 17.6 Å². The van der Waals surface area contributed by atoms with E-state index in [1.807, 2.05) is 0 Å². The molecule has 1 saturated heterocycles. The van der Waals surface area contributed by atoms with Gasteiger partial charge in [0, 0.05) is 6.42 Å². The molecule has 0 aromatic carbocycles. The maximum atomic E-state index is 12.6. The summed E-state index contributed by atoms with van der Waals surface area (Å²) in [6, 6.07) is -1.03. The molecule has 0 spiro atoms. The monoisotopic (exact) mass is 423 g/mol. The number of aliphatic hydroxyl groups excluding tert-OH is 4. The molecular formula is C19H29N5O6. The lowest BCUT2D eigenvalue weighted by atomic mass is 9.98. The topological polar surface area (TPSA) is 153 Å². The summed E-state index contributed by atoms with van der Waals surface area (Å²) in [4.78, 5) is 22.8. The number of aliphatic imine (C=N–C) groups is 1. The minimum atomic E-state index is -1.42. The van der Waals surface area contributed by atoms with Gasteiger partial charge in [0.05, 0.1) is 31.7 Å². The normalized spacial score (nSPS) is 31.8. The lowest BCUT2D eigenvalue weighted by Gasteiger charge is -2.39. The van der Waals surface area contributed by atoms with E-state index in [0.29, 0.717) is 24.4 Å². The van der Waals surface area contributed by atoms with Crippen molar-refractivity contribution in [3.05, 3.63) is 12.0 Å². The molecule has 1 aromatic rings. The molecule has 4 heterocycles. The van der Waals surface area contributed by atoms with Crippen LogP contribution in [0.4, 0.5) is 5.82 Å². The molecule has 0 radical (unpaired) electrons. The molecule has 1 fully saturated rings. The Balaban J connectivity index is 1.56. The lowest BCUT2D eigenvalue weighted by Crippen LogP contribution is -2.58. The molecule has 0 saturated carbocycles. The third-order valence-electron chi connectivity index (χ3n) is 5.96. The highest BCUT2D eigenvalue weighted by molar-refractivity contribution is 6.03. The Morgan fingerprint density at radius 1 is 1.37 bits per heavy atom. The van der Waals surface area contributed by atoms with Gasteiger partial charge in [0.1, 0.15) is 29.9 Å². The van der Waals surface area contributed by atoms with Gasteiger partial charge in [-0.15, -0.1) is 0 Å². The summed E-state index contributed by atoms with van der Waals surface area (Å²) in [5, 5.41) is 43.5. The summed E-state index contributed by atoms with van der Waals surface area (Å²) < 4.78 is 7.42. The number of aliphatic hydroxyl groups is 4. The van der Waals surface area contributed by atoms with E-state index in [9.17, 15) is 25.2 Å². The van der Waals surface area contributed by atoms with E-state index < -0.39 is 42.6 Å². The van der Waals surface area contributed by atoms with Gasteiger partial charge in [0.15, 0.2) is 6.23 Å². The van der Waals surface area contributed by atoms with Crippen molar-refractivity contribution in [2.75, 3.05) is 11.9 Å². The van der Waals surface area contributed by atoms with Crippen LogP contribution in [0.3, 0.4) is 0 Å². The number of carbonyl (C=O) groups is 1. The van der Waals surface area contributed by atoms with Crippen molar-refractivity contribution in [1.82, 2.24) is 14.5 Å². The van der Waals surface area contributed by atoms with Crippen molar-refractivity contribution in [3.8, 4) is 0 Å². The van der Waals surface area contributed by atoms with Gasteiger partial charge in [-0.3, -0.25) is 9.36 Å². The molecule has 0 amide bonds. The van der Waals surface area contributed by atoms with Crippen LogP contribution in [-0.2, 0) is 16.1 Å². The van der Waals surface area contributed by atoms with Crippen molar-refractivity contribution in [1.29, 1.82) is 0 Å². The molecule has 166 valence electrons. The summed E-state index contributed by atoms with van der Waals surface area (Å²) in [7, 11) is 0. The molecule has 4 rings (SSSR count). The van der Waals surface area contributed by atoms with Crippen LogP contribution in [0.25, 0.3) is 0 Å². The average molecular weight is 423 g/mol.